The number of piperidine rings is 1. The summed E-state index contributed by atoms with van der Waals surface area (Å²) >= 11 is 3.42. The van der Waals surface area contributed by atoms with E-state index >= 15 is 0 Å². The van der Waals surface area contributed by atoms with E-state index in [1.807, 2.05) is 48.9 Å². The lowest BCUT2D eigenvalue weighted by Gasteiger charge is -2.38. The molecule has 0 saturated carbocycles. The first-order valence-electron chi connectivity index (χ1n) is 9.22. The summed E-state index contributed by atoms with van der Waals surface area (Å²) in [5.41, 5.74) is 1.79. The van der Waals surface area contributed by atoms with Crippen LogP contribution in [0.15, 0.2) is 22.7 Å². The molecule has 3 atom stereocenters. The highest BCUT2D eigenvalue weighted by atomic mass is 79.9. The summed E-state index contributed by atoms with van der Waals surface area (Å²) in [5.74, 6) is 1.06. The van der Waals surface area contributed by atoms with Gasteiger partial charge in [-0.25, -0.2) is 0 Å². The molecule has 26 heavy (non-hydrogen) atoms. The summed E-state index contributed by atoms with van der Waals surface area (Å²) in [6, 6.07) is 5.42. The summed E-state index contributed by atoms with van der Waals surface area (Å²) in [5, 5.41) is 2.93. The van der Waals surface area contributed by atoms with Gasteiger partial charge in [-0.2, -0.15) is 0 Å². The van der Waals surface area contributed by atoms with Gasteiger partial charge in [0.25, 0.3) is 0 Å². The maximum Gasteiger partial charge on any atom is 0.239 e. The van der Waals surface area contributed by atoms with Crippen molar-refractivity contribution in [3.63, 3.8) is 0 Å². The molecule has 2 amide bonds. The third-order valence-corrected chi connectivity index (χ3v) is 5.55. The van der Waals surface area contributed by atoms with Crippen LogP contribution in [-0.2, 0) is 9.59 Å². The molecule has 5 nitrogen and oxygen atoms in total. The number of benzene rings is 1. The molecule has 1 fully saturated rings. The number of nitrogens with zero attached hydrogens (tertiary/aromatic N) is 2. The fraction of sp³-hybridized carbons (Fsp3) is 0.600. The minimum atomic E-state index is -0.315. The van der Waals surface area contributed by atoms with Gasteiger partial charge in [-0.05, 0) is 62.9 Å². The second-order valence-corrected chi connectivity index (χ2v) is 8.70. The first kappa shape index (κ1) is 20.9. The minimum absolute atomic E-state index is 0.110. The maximum atomic E-state index is 12.8. The Morgan fingerprint density at radius 3 is 2.50 bits per heavy atom. The lowest BCUT2D eigenvalue weighted by molar-refractivity contribution is -0.139. The molecular formula is C20H30BrN3O2. The van der Waals surface area contributed by atoms with Crippen LogP contribution in [0.4, 0.5) is 5.69 Å². The summed E-state index contributed by atoms with van der Waals surface area (Å²) in [6.45, 7) is 10.0. The van der Waals surface area contributed by atoms with Crippen LogP contribution in [0.2, 0.25) is 0 Å². The van der Waals surface area contributed by atoms with E-state index in [9.17, 15) is 9.59 Å². The van der Waals surface area contributed by atoms with Gasteiger partial charge in [0.15, 0.2) is 0 Å². The molecule has 1 saturated heterocycles. The van der Waals surface area contributed by atoms with E-state index in [-0.39, 0.29) is 24.4 Å². The van der Waals surface area contributed by atoms with Crippen molar-refractivity contribution >= 4 is 33.4 Å². The highest BCUT2D eigenvalue weighted by Gasteiger charge is 2.30. The second-order valence-electron chi connectivity index (χ2n) is 7.79. The average Bonchev–Trinajstić information content (AvgIpc) is 2.55. The number of hydrogen-bond donors (Lipinski definition) is 1. The molecule has 144 valence electrons. The van der Waals surface area contributed by atoms with Crippen LogP contribution >= 0.6 is 15.9 Å². The van der Waals surface area contributed by atoms with Crippen molar-refractivity contribution in [2.24, 2.45) is 11.8 Å². The number of amides is 2. The lowest BCUT2D eigenvalue weighted by atomic mass is 9.91. The van der Waals surface area contributed by atoms with Gasteiger partial charge in [0.2, 0.25) is 11.8 Å². The van der Waals surface area contributed by atoms with E-state index in [0.29, 0.717) is 11.8 Å². The molecule has 2 rings (SSSR count). The molecule has 0 spiro atoms. The zero-order chi connectivity index (χ0) is 19.4. The first-order valence-corrected chi connectivity index (χ1v) is 10.0. The Balaban J connectivity index is 1.92. The molecular weight excluding hydrogens is 394 g/mol. The van der Waals surface area contributed by atoms with Gasteiger partial charge in [-0.15, -0.1) is 0 Å². The second kappa shape index (κ2) is 9.00. The summed E-state index contributed by atoms with van der Waals surface area (Å²) in [7, 11) is 1.83. The summed E-state index contributed by atoms with van der Waals surface area (Å²) in [6.07, 6.45) is 1.17. The monoisotopic (exact) mass is 423 g/mol. The van der Waals surface area contributed by atoms with Crippen LogP contribution in [0.1, 0.15) is 32.8 Å². The molecule has 0 bridgehead atoms. The smallest absolute Gasteiger partial charge is 0.239 e. The molecule has 1 aliphatic rings. The van der Waals surface area contributed by atoms with E-state index in [0.717, 1.165) is 28.8 Å². The normalized spacial score (nSPS) is 21.6. The summed E-state index contributed by atoms with van der Waals surface area (Å²) in [4.78, 5) is 29.0. The van der Waals surface area contributed by atoms with Crippen LogP contribution in [0.25, 0.3) is 0 Å². The van der Waals surface area contributed by atoms with E-state index in [4.69, 9.17) is 0 Å². The van der Waals surface area contributed by atoms with Gasteiger partial charge in [-0.3, -0.25) is 14.5 Å². The Bertz CT molecular complexity index is 654. The number of likely N-dealkylation sites (N-methyl/N-ethyl adjacent to an activating group) is 1. The molecule has 1 N–H and O–H groups in total. The Morgan fingerprint density at radius 1 is 1.31 bits per heavy atom. The number of carbonyl (C=O) groups excluding carboxylic acids is 2. The zero-order valence-corrected chi connectivity index (χ0v) is 18.0. The molecule has 0 radical (unpaired) electrons. The third-order valence-electron chi connectivity index (χ3n) is 5.05. The minimum Gasteiger partial charge on any atom is -0.341 e. The van der Waals surface area contributed by atoms with Crippen molar-refractivity contribution in [3.05, 3.63) is 28.2 Å². The van der Waals surface area contributed by atoms with Gasteiger partial charge in [0.1, 0.15) is 0 Å². The van der Waals surface area contributed by atoms with Crippen molar-refractivity contribution in [3.8, 4) is 0 Å². The number of hydrogen-bond acceptors (Lipinski definition) is 3. The number of halogens is 1. The molecule has 1 aromatic carbocycles. The Kier molecular flexibility index (Phi) is 7.24. The summed E-state index contributed by atoms with van der Waals surface area (Å²) < 4.78 is 0.981. The highest BCUT2D eigenvalue weighted by molar-refractivity contribution is 9.10. The molecule has 1 heterocycles. The predicted octanol–water partition coefficient (Wildman–Crippen LogP) is 3.52. The van der Waals surface area contributed by atoms with Gasteiger partial charge in [-0.1, -0.05) is 29.8 Å². The maximum absolute atomic E-state index is 12.8. The van der Waals surface area contributed by atoms with Crippen molar-refractivity contribution < 1.29 is 9.59 Å². The third kappa shape index (κ3) is 5.55. The number of nitrogens with one attached hydrogen (secondary N) is 1. The fourth-order valence-corrected chi connectivity index (χ4v) is 4.09. The predicted molar refractivity (Wildman–Crippen MR) is 109 cm³/mol. The zero-order valence-electron chi connectivity index (χ0n) is 16.4. The van der Waals surface area contributed by atoms with Crippen molar-refractivity contribution in [2.75, 3.05) is 32.0 Å². The van der Waals surface area contributed by atoms with E-state index in [1.54, 1.807) is 0 Å². The number of rotatable bonds is 5. The van der Waals surface area contributed by atoms with Crippen molar-refractivity contribution in [1.29, 1.82) is 0 Å². The largest absolute Gasteiger partial charge is 0.341 e. The molecule has 1 aliphatic heterocycles. The van der Waals surface area contributed by atoms with E-state index in [2.05, 4.69) is 35.1 Å². The quantitative estimate of drug-likeness (QED) is 0.787. The Morgan fingerprint density at radius 2 is 1.92 bits per heavy atom. The fourth-order valence-electron chi connectivity index (χ4n) is 3.62. The molecule has 0 unspecified atom stereocenters. The van der Waals surface area contributed by atoms with E-state index in [1.165, 1.54) is 6.42 Å². The lowest BCUT2D eigenvalue weighted by Crippen LogP contribution is -2.51. The number of carbonyl (C=O) groups is 2. The SMILES string of the molecule is Cc1cc(Br)ccc1NC(=O)CN(C)[C@H](C)C(=O)N1C[C@H](C)C[C@H](C)C1. The van der Waals surface area contributed by atoms with E-state index < -0.39 is 0 Å². The van der Waals surface area contributed by atoms with Gasteiger partial charge >= 0.3 is 0 Å². The molecule has 1 aromatic rings. The number of anilines is 1. The van der Waals surface area contributed by atoms with Gasteiger partial charge in [0, 0.05) is 23.2 Å². The van der Waals surface area contributed by atoms with Gasteiger partial charge in [0.05, 0.1) is 12.6 Å². The van der Waals surface area contributed by atoms with Crippen LogP contribution in [0, 0.1) is 18.8 Å². The van der Waals surface area contributed by atoms with Crippen LogP contribution < -0.4 is 5.32 Å². The van der Waals surface area contributed by atoms with Crippen LogP contribution in [-0.4, -0.2) is 54.3 Å². The Labute approximate surface area is 165 Å². The average molecular weight is 424 g/mol. The van der Waals surface area contributed by atoms with Gasteiger partial charge < -0.3 is 10.2 Å². The molecule has 0 aliphatic carbocycles. The Hall–Kier alpha value is -1.40. The highest BCUT2D eigenvalue weighted by Crippen LogP contribution is 2.22. The molecule has 6 heteroatoms. The van der Waals surface area contributed by atoms with Crippen molar-refractivity contribution in [2.45, 2.75) is 40.2 Å². The number of aryl methyl sites for hydroxylation is 1. The van der Waals surface area contributed by atoms with Crippen LogP contribution in [0.5, 0.6) is 0 Å². The first-order chi connectivity index (χ1) is 12.2. The molecule has 0 aromatic heterocycles. The van der Waals surface area contributed by atoms with Crippen LogP contribution in [0.3, 0.4) is 0 Å². The standard InChI is InChI=1S/C20H30BrN3O2/c1-13-8-14(2)11-24(10-13)20(26)16(4)23(5)12-19(25)22-18-7-6-17(21)9-15(18)3/h6-7,9,13-14,16H,8,10-12H2,1-5H3,(H,22,25)/t13-,14+,16-/m1/s1. The van der Waals surface area contributed by atoms with Crippen molar-refractivity contribution in [1.82, 2.24) is 9.80 Å². The topological polar surface area (TPSA) is 52.7 Å². The number of likely N-dealkylation sites (tertiary alicyclic amines) is 1.